The molecule has 4 heterocycles. The number of benzene rings is 1. The van der Waals surface area contributed by atoms with Gasteiger partial charge in [-0.2, -0.15) is 0 Å². The lowest BCUT2D eigenvalue weighted by Crippen LogP contribution is -2.37. The Kier molecular flexibility index (Phi) is 4.73. The van der Waals surface area contributed by atoms with E-state index in [1.165, 1.54) is 5.56 Å². The zero-order valence-electron chi connectivity index (χ0n) is 17.1. The van der Waals surface area contributed by atoms with Crippen LogP contribution in [0.1, 0.15) is 43.6 Å². The molecule has 1 aromatic carbocycles. The molecule has 2 aromatic heterocycles. The van der Waals surface area contributed by atoms with Gasteiger partial charge in [-0.3, -0.25) is 14.0 Å². The first-order valence-electron chi connectivity index (χ1n) is 10.6. The molecule has 2 aliphatic rings. The van der Waals surface area contributed by atoms with Gasteiger partial charge in [-0.1, -0.05) is 25.1 Å². The lowest BCUT2D eigenvalue weighted by molar-refractivity contribution is -0.136. The molecule has 2 amide bonds. The molecule has 0 spiro atoms. The molecule has 2 fully saturated rings. The van der Waals surface area contributed by atoms with Crippen LogP contribution in [0.5, 0.6) is 0 Å². The van der Waals surface area contributed by atoms with E-state index >= 15 is 0 Å². The summed E-state index contributed by atoms with van der Waals surface area (Å²) in [5.41, 5.74) is 2.89. The van der Waals surface area contributed by atoms with E-state index in [-0.39, 0.29) is 30.2 Å². The van der Waals surface area contributed by atoms with E-state index in [0.717, 1.165) is 36.4 Å². The fourth-order valence-electron chi connectivity index (χ4n) is 4.65. The quantitative estimate of drug-likeness (QED) is 0.671. The van der Waals surface area contributed by atoms with Crippen LogP contribution in [0.4, 0.5) is 5.69 Å². The molecule has 0 saturated carbocycles. The molecule has 0 aliphatic carbocycles. The summed E-state index contributed by atoms with van der Waals surface area (Å²) in [6, 6.07) is 13.7. The van der Waals surface area contributed by atoms with Crippen molar-refractivity contribution in [3.8, 4) is 0 Å². The molecule has 30 heavy (non-hydrogen) atoms. The maximum Gasteiger partial charge on any atom is 0.228 e. The number of fused-ring (bicyclic) bond motifs is 1. The van der Waals surface area contributed by atoms with Gasteiger partial charge in [0.25, 0.3) is 0 Å². The SMILES string of the molecule is CCc1ccc(N2CC(C(=O)N3CCCC3c3nnc4ccccn34)CC2=O)cc1. The Labute approximate surface area is 175 Å². The smallest absolute Gasteiger partial charge is 0.228 e. The molecule has 7 nitrogen and oxygen atoms in total. The average molecular weight is 403 g/mol. The molecule has 2 atom stereocenters. The number of aromatic nitrogens is 3. The monoisotopic (exact) mass is 403 g/mol. The van der Waals surface area contributed by atoms with E-state index in [9.17, 15) is 9.59 Å². The van der Waals surface area contributed by atoms with Crippen molar-refractivity contribution in [1.29, 1.82) is 0 Å². The van der Waals surface area contributed by atoms with Gasteiger partial charge in [0.15, 0.2) is 11.5 Å². The molecule has 0 bridgehead atoms. The molecule has 3 aromatic rings. The van der Waals surface area contributed by atoms with Gasteiger partial charge in [-0.05, 0) is 49.1 Å². The van der Waals surface area contributed by atoms with Gasteiger partial charge >= 0.3 is 0 Å². The van der Waals surface area contributed by atoms with Gasteiger partial charge < -0.3 is 9.80 Å². The normalized spacial score (nSPS) is 21.7. The molecule has 0 radical (unpaired) electrons. The molecule has 2 unspecified atom stereocenters. The summed E-state index contributed by atoms with van der Waals surface area (Å²) in [5, 5.41) is 8.62. The van der Waals surface area contributed by atoms with Gasteiger partial charge in [-0.15, -0.1) is 10.2 Å². The highest BCUT2D eigenvalue weighted by atomic mass is 16.2. The van der Waals surface area contributed by atoms with E-state index in [0.29, 0.717) is 13.1 Å². The fourth-order valence-corrected chi connectivity index (χ4v) is 4.65. The fraction of sp³-hybridized carbons (Fsp3) is 0.391. The van der Waals surface area contributed by atoms with Gasteiger partial charge in [0, 0.05) is 31.4 Å². The van der Waals surface area contributed by atoms with Gasteiger partial charge in [0.2, 0.25) is 11.8 Å². The highest BCUT2D eigenvalue weighted by Gasteiger charge is 2.41. The minimum Gasteiger partial charge on any atom is -0.332 e. The van der Waals surface area contributed by atoms with E-state index in [4.69, 9.17) is 0 Å². The lowest BCUT2D eigenvalue weighted by atomic mass is 10.1. The van der Waals surface area contributed by atoms with Crippen molar-refractivity contribution in [2.75, 3.05) is 18.0 Å². The number of rotatable bonds is 4. The van der Waals surface area contributed by atoms with Gasteiger partial charge in [0.1, 0.15) is 0 Å². The number of carbonyl (C=O) groups is 2. The second kappa shape index (κ2) is 7.55. The minimum absolute atomic E-state index is 0.0151. The summed E-state index contributed by atoms with van der Waals surface area (Å²) < 4.78 is 1.96. The maximum absolute atomic E-state index is 13.4. The van der Waals surface area contributed by atoms with Crippen LogP contribution in [0.2, 0.25) is 0 Å². The number of amides is 2. The van der Waals surface area contributed by atoms with Crippen molar-refractivity contribution in [3.05, 3.63) is 60.0 Å². The standard InChI is InChI=1S/C23H25N5O2/c1-2-16-8-10-18(11-9-16)28-15-17(14-21(28)29)23(30)26-13-5-6-19(26)22-25-24-20-7-3-4-12-27(20)22/h3-4,7-12,17,19H,2,5-6,13-15H2,1H3. The Morgan fingerprint density at radius 1 is 1.13 bits per heavy atom. The Hall–Kier alpha value is -3.22. The van der Waals surface area contributed by atoms with Gasteiger partial charge in [-0.25, -0.2) is 0 Å². The molecule has 5 rings (SSSR count). The molecule has 7 heteroatoms. The van der Waals surface area contributed by atoms with Crippen LogP contribution in [0.3, 0.4) is 0 Å². The summed E-state index contributed by atoms with van der Waals surface area (Å²) in [5.74, 6) is 0.545. The Morgan fingerprint density at radius 3 is 2.77 bits per heavy atom. The summed E-state index contributed by atoms with van der Waals surface area (Å²) in [7, 11) is 0. The summed E-state index contributed by atoms with van der Waals surface area (Å²) >= 11 is 0. The second-order valence-electron chi connectivity index (χ2n) is 8.10. The van der Waals surface area contributed by atoms with Crippen LogP contribution in [0.15, 0.2) is 48.7 Å². The molecule has 2 aliphatic heterocycles. The minimum atomic E-state index is -0.317. The number of carbonyl (C=O) groups excluding carboxylic acids is 2. The molecule has 2 saturated heterocycles. The molecular weight excluding hydrogens is 378 g/mol. The third kappa shape index (κ3) is 3.14. The number of anilines is 1. The van der Waals surface area contributed by atoms with Crippen molar-refractivity contribution in [2.45, 2.75) is 38.6 Å². The molecular formula is C23H25N5O2. The first kappa shape index (κ1) is 18.8. The zero-order chi connectivity index (χ0) is 20.7. The highest BCUT2D eigenvalue weighted by Crippen LogP contribution is 2.35. The van der Waals surface area contributed by atoms with E-state index in [1.54, 1.807) is 4.90 Å². The average Bonchev–Trinajstić information content (AvgIpc) is 3.51. The predicted octanol–water partition coefficient (Wildman–Crippen LogP) is 3.01. The van der Waals surface area contributed by atoms with Crippen LogP contribution in [0.25, 0.3) is 5.65 Å². The third-order valence-corrected chi connectivity index (χ3v) is 6.30. The van der Waals surface area contributed by atoms with Crippen LogP contribution in [0, 0.1) is 5.92 Å². The third-order valence-electron chi connectivity index (χ3n) is 6.30. The number of hydrogen-bond donors (Lipinski definition) is 0. The summed E-state index contributed by atoms with van der Waals surface area (Å²) in [6.45, 7) is 3.24. The van der Waals surface area contributed by atoms with E-state index in [1.807, 2.05) is 58.0 Å². The predicted molar refractivity (Wildman–Crippen MR) is 113 cm³/mol. The van der Waals surface area contributed by atoms with Crippen LogP contribution >= 0.6 is 0 Å². The van der Waals surface area contributed by atoms with Crippen LogP contribution in [-0.2, 0) is 16.0 Å². The van der Waals surface area contributed by atoms with Gasteiger partial charge in [0.05, 0.1) is 12.0 Å². The van der Waals surface area contributed by atoms with Crippen molar-refractivity contribution < 1.29 is 9.59 Å². The number of aryl methyl sites for hydroxylation is 1. The largest absolute Gasteiger partial charge is 0.332 e. The maximum atomic E-state index is 13.4. The molecule has 0 N–H and O–H groups in total. The van der Waals surface area contributed by atoms with E-state index in [2.05, 4.69) is 17.1 Å². The molecule has 154 valence electrons. The number of nitrogens with zero attached hydrogens (tertiary/aromatic N) is 5. The first-order valence-corrected chi connectivity index (χ1v) is 10.6. The second-order valence-corrected chi connectivity index (χ2v) is 8.10. The van der Waals surface area contributed by atoms with Crippen molar-refractivity contribution >= 4 is 23.1 Å². The Morgan fingerprint density at radius 2 is 1.97 bits per heavy atom. The number of hydrogen-bond acceptors (Lipinski definition) is 4. The zero-order valence-corrected chi connectivity index (χ0v) is 17.1. The van der Waals surface area contributed by atoms with Crippen molar-refractivity contribution in [3.63, 3.8) is 0 Å². The number of pyridine rings is 1. The summed E-state index contributed by atoms with van der Waals surface area (Å²) in [6.07, 6.45) is 4.96. The lowest BCUT2D eigenvalue weighted by Gasteiger charge is -2.26. The topological polar surface area (TPSA) is 70.8 Å². The Balaban J connectivity index is 1.35. The highest BCUT2D eigenvalue weighted by molar-refractivity contribution is 6.00. The van der Waals surface area contributed by atoms with Crippen molar-refractivity contribution in [2.24, 2.45) is 5.92 Å². The van der Waals surface area contributed by atoms with E-state index < -0.39 is 0 Å². The van der Waals surface area contributed by atoms with Crippen LogP contribution in [-0.4, -0.2) is 44.4 Å². The van der Waals surface area contributed by atoms with Crippen molar-refractivity contribution in [1.82, 2.24) is 19.5 Å². The van der Waals surface area contributed by atoms with Crippen LogP contribution < -0.4 is 4.90 Å². The Bertz CT molecular complexity index is 1090. The first-order chi connectivity index (χ1) is 14.7. The summed E-state index contributed by atoms with van der Waals surface area (Å²) in [4.78, 5) is 29.7. The number of likely N-dealkylation sites (tertiary alicyclic amines) is 1.